The second kappa shape index (κ2) is 10.5. The van der Waals surface area contributed by atoms with Gasteiger partial charge in [0.1, 0.15) is 0 Å². The van der Waals surface area contributed by atoms with Gasteiger partial charge in [-0.05, 0) is 24.1 Å². The van der Waals surface area contributed by atoms with Crippen LogP contribution in [0.5, 0.6) is 0 Å². The summed E-state index contributed by atoms with van der Waals surface area (Å²) in [5, 5.41) is 18.0. The van der Waals surface area contributed by atoms with Crippen molar-refractivity contribution < 1.29 is 9.66 Å². The molecule has 0 heterocycles. The van der Waals surface area contributed by atoms with E-state index in [-0.39, 0.29) is 11.7 Å². The second-order valence-corrected chi connectivity index (χ2v) is 6.30. The molecule has 0 aliphatic carbocycles. The highest BCUT2D eigenvalue weighted by Crippen LogP contribution is 2.22. The summed E-state index contributed by atoms with van der Waals surface area (Å²) in [6, 6.07) is 13.9. The maximum absolute atomic E-state index is 10.7. The van der Waals surface area contributed by atoms with Gasteiger partial charge in [-0.15, -0.1) is 0 Å². The molecule has 2 aromatic rings. The highest BCUT2D eigenvalue weighted by atomic mass is 35.5. The van der Waals surface area contributed by atoms with E-state index < -0.39 is 4.92 Å². The van der Waals surface area contributed by atoms with Gasteiger partial charge in [-0.25, -0.2) is 4.99 Å². The van der Waals surface area contributed by atoms with Crippen molar-refractivity contribution in [3.05, 3.63) is 74.8 Å². The molecule has 0 radical (unpaired) electrons. The van der Waals surface area contributed by atoms with Gasteiger partial charge in [-0.3, -0.25) is 10.1 Å². The van der Waals surface area contributed by atoms with E-state index in [9.17, 15) is 10.1 Å². The van der Waals surface area contributed by atoms with Crippen LogP contribution in [0.4, 0.5) is 5.69 Å². The van der Waals surface area contributed by atoms with E-state index in [0.29, 0.717) is 30.7 Å². The molecule has 0 saturated carbocycles. The first-order chi connectivity index (χ1) is 13.0. The number of ether oxygens (including phenoxy) is 1. The van der Waals surface area contributed by atoms with Crippen molar-refractivity contribution in [2.45, 2.75) is 19.5 Å². The number of aliphatic imine (C=N–C) groups is 1. The number of benzene rings is 2. The summed E-state index contributed by atoms with van der Waals surface area (Å²) in [6.45, 7) is 3.52. The van der Waals surface area contributed by atoms with Gasteiger partial charge in [0.25, 0.3) is 5.69 Å². The van der Waals surface area contributed by atoms with Gasteiger partial charge in [0.05, 0.1) is 24.1 Å². The Kier molecular flexibility index (Phi) is 8.03. The highest BCUT2D eigenvalue weighted by Gasteiger charge is 2.11. The monoisotopic (exact) mass is 390 g/mol. The zero-order valence-electron chi connectivity index (χ0n) is 15.3. The normalized spacial score (nSPS) is 12.5. The number of hydrogen-bond acceptors (Lipinski definition) is 4. The van der Waals surface area contributed by atoms with E-state index in [1.807, 2.05) is 31.2 Å². The lowest BCUT2D eigenvalue weighted by molar-refractivity contribution is -0.384. The lowest BCUT2D eigenvalue weighted by Gasteiger charge is -2.19. The maximum atomic E-state index is 10.7. The molecule has 0 aliphatic rings. The zero-order valence-corrected chi connectivity index (χ0v) is 16.1. The molecule has 7 nitrogen and oxygen atoms in total. The molecule has 144 valence electrons. The first-order valence-corrected chi connectivity index (χ1v) is 8.90. The van der Waals surface area contributed by atoms with Crippen molar-refractivity contribution in [1.82, 2.24) is 10.6 Å². The Hall–Kier alpha value is -2.64. The Morgan fingerprint density at radius 2 is 1.96 bits per heavy atom. The average Bonchev–Trinajstić information content (AvgIpc) is 2.66. The minimum atomic E-state index is -0.419. The number of nitro benzene ring substituents is 1. The predicted molar refractivity (Wildman–Crippen MR) is 107 cm³/mol. The number of hydrogen-bond donors (Lipinski definition) is 2. The Morgan fingerprint density at radius 1 is 1.26 bits per heavy atom. The molecule has 2 aromatic carbocycles. The van der Waals surface area contributed by atoms with E-state index >= 15 is 0 Å². The summed E-state index contributed by atoms with van der Waals surface area (Å²) >= 11 is 6.27. The number of methoxy groups -OCH3 is 1. The molecule has 27 heavy (non-hydrogen) atoms. The van der Waals surface area contributed by atoms with Crippen LogP contribution in [-0.2, 0) is 11.3 Å². The smallest absolute Gasteiger partial charge is 0.269 e. The van der Waals surface area contributed by atoms with Crippen LogP contribution >= 0.6 is 11.6 Å². The van der Waals surface area contributed by atoms with Gasteiger partial charge in [0.15, 0.2) is 5.96 Å². The number of rotatable bonds is 8. The predicted octanol–water partition coefficient (Wildman–Crippen LogP) is 3.69. The summed E-state index contributed by atoms with van der Waals surface area (Å²) in [4.78, 5) is 14.9. The molecule has 0 spiro atoms. The number of non-ortho nitro benzene ring substituents is 1. The molecule has 2 rings (SSSR count). The van der Waals surface area contributed by atoms with Gasteiger partial charge in [-0.2, -0.15) is 0 Å². The fourth-order valence-corrected chi connectivity index (χ4v) is 2.73. The third-order valence-electron chi connectivity index (χ3n) is 3.89. The van der Waals surface area contributed by atoms with Crippen molar-refractivity contribution in [1.29, 1.82) is 0 Å². The van der Waals surface area contributed by atoms with Gasteiger partial charge >= 0.3 is 0 Å². The molecule has 0 aromatic heterocycles. The lowest BCUT2D eigenvalue weighted by Crippen LogP contribution is -2.40. The number of halogens is 1. The fraction of sp³-hybridized carbons (Fsp3) is 0.316. The van der Waals surface area contributed by atoms with Crippen molar-refractivity contribution in [2.75, 3.05) is 20.3 Å². The minimum Gasteiger partial charge on any atom is -0.383 e. The van der Waals surface area contributed by atoms with Gasteiger partial charge in [0, 0.05) is 30.8 Å². The molecule has 0 amide bonds. The molecule has 2 N–H and O–H groups in total. The van der Waals surface area contributed by atoms with Crippen LogP contribution in [0.3, 0.4) is 0 Å². The van der Waals surface area contributed by atoms with Crippen LogP contribution in [0, 0.1) is 10.1 Å². The third-order valence-corrected chi connectivity index (χ3v) is 4.23. The quantitative estimate of drug-likeness (QED) is 0.236. The molecular formula is C19H23ClN4O3. The Balaban J connectivity index is 2.09. The van der Waals surface area contributed by atoms with Crippen LogP contribution in [0.1, 0.15) is 24.1 Å². The topological polar surface area (TPSA) is 88.8 Å². The summed E-state index contributed by atoms with van der Waals surface area (Å²) < 4.78 is 5.07. The first-order valence-electron chi connectivity index (χ1n) is 8.53. The summed E-state index contributed by atoms with van der Waals surface area (Å²) in [6.07, 6.45) is 0. The van der Waals surface area contributed by atoms with E-state index in [1.165, 1.54) is 12.1 Å². The van der Waals surface area contributed by atoms with Crippen LogP contribution < -0.4 is 10.6 Å². The molecule has 0 aliphatic heterocycles. The van der Waals surface area contributed by atoms with Crippen LogP contribution in [0.2, 0.25) is 5.02 Å². The summed E-state index contributed by atoms with van der Waals surface area (Å²) in [5.41, 5.74) is 1.90. The van der Waals surface area contributed by atoms with Crippen LogP contribution in [0.25, 0.3) is 0 Å². The van der Waals surface area contributed by atoms with Crippen molar-refractivity contribution in [3.63, 3.8) is 0 Å². The summed E-state index contributed by atoms with van der Waals surface area (Å²) in [5.74, 6) is 0.609. The number of nitro groups is 1. The fourth-order valence-electron chi connectivity index (χ4n) is 2.43. The SMILES string of the molecule is COCCNC(=NCc1ccc([N+](=O)[O-])cc1)NC(C)c1ccccc1Cl. The van der Waals surface area contributed by atoms with E-state index in [2.05, 4.69) is 15.6 Å². The average molecular weight is 391 g/mol. The minimum absolute atomic E-state index is 0.0515. The molecule has 0 bridgehead atoms. The lowest BCUT2D eigenvalue weighted by atomic mass is 10.1. The Morgan fingerprint density at radius 3 is 2.59 bits per heavy atom. The molecule has 0 saturated heterocycles. The Bertz CT molecular complexity index is 781. The third kappa shape index (κ3) is 6.54. The standard InChI is InChI=1S/C19H23ClN4O3/c1-14(17-5-3-4-6-18(17)20)23-19(21-11-12-27-2)22-13-15-7-9-16(10-8-15)24(25)26/h3-10,14H,11-13H2,1-2H3,(H2,21,22,23). The van der Waals surface area contributed by atoms with E-state index in [0.717, 1.165) is 11.1 Å². The summed E-state index contributed by atoms with van der Waals surface area (Å²) in [7, 11) is 1.63. The molecule has 8 heteroatoms. The zero-order chi connectivity index (χ0) is 19.6. The molecule has 1 unspecified atom stereocenters. The largest absolute Gasteiger partial charge is 0.383 e. The Labute approximate surface area is 163 Å². The van der Waals surface area contributed by atoms with Crippen molar-refractivity contribution in [2.24, 2.45) is 4.99 Å². The van der Waals surface area contributed by atoms with Crippen LogP contribution in [-0.4, -0.2) is 31.1 Å². The van der Waals surface area contributed by atoms with E-state index in [4.69, 9.17) is 16.3 Å². The van der Waals surface area contributed by atoms with Crippen LogP contribution in [0.15, 0.2) is 53.5 Å². The number of guanidine groups is 1. The van der Waals surface area contributed by atoms with Gasteiger partial charge in [-0.1, -0.05) is 41.9 Å². The molecule has 1 atom stereocenters. The van der Waals surface area contributed by atoms with Gasteiger partial charge in [0.2, 0.25) is 0 Å². The van der Waals surface area contributed by atoms with Gasteiger partial charge < -0.3 is 15.4 Å². The molecule has 0 fully saturated rings. The maximum Gasteiger partial charge on any atom is 0.269 e. The van der Waals surface area contributed by atoms with Crippen molar-refractivity contribution in [3.8, 4) is 0 Å². The molecular weight excluding hydrogens is 368 g/mol. The first kappa shape index (κ1) is 20.7. The highest BCUT2D eigenvalue weighted by molar-refractivity contribution is 6.31. The number of nitrogens with zero attached hydrogens (tertiary/aromatic N) is 2. The van der Waals surface area contributed by atoms with E-state index in [1.54, 1.807) is 19.2 Å². The number of nitrogens with one attached hydrogen (secondary N) is 2. The second-order valence-electron chi connectivity index (χ2n) is 5.90. The van der Waals surface area contributed by atoms with Crippen molar-refractivity contribution >= 4 is 23.2 Å².